The highest BCUT2D eigenvalue weighted by atomic mass is 16.5. The van der Waals surface area contributed by atoms with Gasteiger partial charge in [0.05, 0.1) is 18.8 Å². The number of anilines is 1. The third kappa shape index (κ3) is 4.07. The summed E-state index contributed by atoms with van der Waals surface area (Å²) in [4.78, 5) is 12.2. The van der Waals surface area contributed by atoms with Gasteiger partial charge in [-0.15, -0.1) is 0 Å². The summed E-state index contributed by atoms with van der Waals surface area (Å²) >= 11 is 0. The Hall–Kier alpha value is -2.33. The first-order valence-corrected chi connectivity index (χ1v) is 6.85. The van der Waals surface area contributed by atoms with Gasteiger partial charge in [0.25, 0.3) is 0 Å². The Morgan fingerprint density at radius 3 is 2.62 bits per heavy atom. The molecule has 0 saturated carbocycles. The molecule has 110 valence electrons. The molecule has 21 heavy (non-hydrogen) atoms. The molecule has 4 heteroatoms. The van der Waals surface area contributed by atoms with E-state index in [0.717, 1.165) is 11.1 Å². The van der Waals surface area contributed by atoms with Crippen molar-refractivity contribution in [1.29, 1.82) is 0 Å². The molecule has 3 N–H and O–H groups in total. The number of hydrogen-bond donors (Lipinski definition) is 2. The molecule has 0 aliphatic carbocycles. The van der Waals surface area contributed by atoms with Crippen LogP contribution < -0.4 is 15.8 Å². The summed E-state index contributed by atoms with van der Waals surface area (Å²) in [6.07, 6.45) is 0.501. The molecule has 2 aromatic rings. The van der Waals surface area contributed by atoms with Crippen LogP contribution in [0.2, 0.25) is 0 Å². The van der Waals surface area contributed by atoms with E-state index in [1.54, 1.807) is 7.11 Å². The van der Waals surface area contributed by atoms with E-state index in [9.17, 15) is 4.79 Å². The van der Waals surface area contributed by atoms with E-state index in [4.69, 9.17) is 10.5 Å². The number of benzene rings is 2. The Labute approximate surface area is 124 Å². The van der Waals surface area contributed by atoms with Crippen molar-refractivity contribution >= 4 is 11.6 Å². The fourth-order valence-electron chi connectivity index (χ4n) is 2.09. The first-order chi connectivity index (χ1) is 10.1. The maximum absolute atomic E-state index is 12.2. The Morgan fingerprint density at radius 1 is 1.24 bits per heavy atom. The SMILES string of the molecule is COc1cc(C)ccc1NC(=O)[C@H](N)Cc1ccccc1. The second-order valence-corrected chi connectivity index (χ2v) is 4.99. The van der Waals surface area contributed by atoms with Gasteiger partial charge in [0, 0.05) is 0 Å². The molecule has 0 aliphatic heterocycles. The predicted octanol–water partition coefficient (Wildman–Crippen LogP) is 2.51. The van der Waals surface area contributed by atoms with Crippen LogP contribution in [-0.4, -0.2) is 19.1 Å². The van der Waals surface area contributed by atoms with Gasteiger partial charge in [0.2, 0.25) is 5.91 Å². The average Bonchev–Trinajstić information content (AvgIpc) is 2.49. The number of amides is 1. The van der Waals surface area contributed by atoms with Crippen LogP contribution in [0.3, 0.4) is 0 Å². The fraction of sp³-hybridized carbons (Fsp3) is 0.235. The molecule has 0 aromatic heterocycles. The number of aryl methyl sites for hydroxylation is 1. The molecule has 4 nitrogen and oxygen atoms in total. The van der Waals surface area contributed by atoms with Crippen molar-refractivity contribution < 1.29 is 9.53 Å². The zero-order valence-corrected chi connectivity index (χ0v) is 12.3. The summed E-state index contributed by atoms with van der Waals surface area (Å²) in [5.74, 6) is 0.413. The number of nitrogens with two attached hydrogens (primary N) is 1. The highest BCUT2D eigenvalue weighted by Gasteiger charge is 2.16. The Bertz CT molecular complexity index is 611. The number of methoxy groups -OCH3 is 1. The number of ether oxygens (including phenoxy) is 1. The van der Waals surface area contributed by atoms with E-state index in [0.29, 0.717) is 17.9 Å². The molecule has 0 radical (unpaired) electrons. The largest absolute Gasteiger partial charge is 0.495 e. The van der Waals surface area contributed by atoms with E-state index in [1.807, 2.05) is 55.5 Å². The van der Waals surface area contributed by atoms with Crippen LogP contribution in [-0.2, 0) is 11.2 Å². The molecule has 0 aliphatic rings. The van der Waals surface area contributed by atoms with Gasteiger partial charge in [-0.05, 0) is 36.6 Å². The highest BCUT2D eigenvalue weighted by molar-refractivity contribution is 5.96. The highest BCUT2D eigenvalue weighted by Crippen LogP contribution is 2.25. The lowest BCUT2D eigenvalue weighted by Gasteiger charge is -2.15. The molecule has 0 unspecified atom stereocenters. The van der Waals surface area contributed by atoms with E-state index in [-0.39, 0.29) is 5.91 Å². The molecule has 1 atom stereocenters. The van der Waals surface area contributed by atoms with Gasteiger partial charge in [0.15, 0.2) is 0 Å². The van der Waals surface area contributed by atoms with E-state index in [2.05, 4.69) is 5.32 Å². The fourth-order valence-corrected chi connectivity index (χ4v) is 2.09. The minimum atomic E-state index is -0.599. The third-order valence-corrected chi connectivity index (χ3v) is 3.25. The van der Waals surface area contributed by atoms with E-state index < -0.39 is 6.04 Å². The van der Waals surface area contributed by atoms with Gasteiger partial charge in [-0.25, -0.2) is 0 Å². The first-order valence-electron chi connectivity index (χ1n) is 6.85. The number of carbonyl (C=O) groups excluding carboxylic acids is 1. The van der Waals surface area contributed by atoms with Gasteiger partial charge < -0.3 is 15.8 Å². The van der Waals surface area contributed by atoms with Crippen molar-refractivity contribution in [1.82, 2.24) is 0 Å². The van der Waals surface area contributed by atoms with Gasteiger partial charge in [-0.2, -0.15) is 0 Å². The van der Waals surface area contributed by atoms with Gasteiger partial charge in [0.1, 0.15) is 5.75 Å². The van der Waals surface area contributed by atoms with Crippen molar-refractivity contribution in [2.24, 2.45) is 5.73 Å². The minimum Gasteiger partial charge on any atom is -0.495 e. The quantitative estimate of drug-likeness (QED) is 0.886. The van der Waals surface area contributed by atoms with E-state index in [1.165, 1.54) is 0 Å². The molecule has 0 fully saturated rings. The maximum atomic E-state index is 12.2. The molecule has 1 amide bonds. The number of carbonyl (C=O) groups is 1. The second kappa shape index (κ2) is 6.90. The molecule has 0 saturated heterocycles. The van der Waals surface area contributed by atoms with Crippen LogP contribution >= 0.6 is 0 Å². The zero-order chi connectivity index (χ0) is 15.2. The molecular formula is C17H20N2O2. The summed E-state index contributed by atoms with van der Waals surface area (Å²) in [6, 6.07) is 14.7. The monoisotopic (exact) mass is 284 g/mol. The van der Waals surface area contributed by atoms with Crippen molar-refractivity contribution in [3.05, 3.63) is 59.7 Å². The molecule has 0 bridgehead atoms. The molecule has 2 aromatic carbocycles. The summed E-state index contributed by atoms with van der Waals surface area (Å²) in [5, 5.41) is 2.82. The van der Waals surface area contributed by atoms with Crippen LogP contribution in [0.5, 0.6) is 5.75 Å². The lowest BCUT2D eigenvalue weighted by molar-refractivity contribution is -0.117. The summed E-state index contributed by atoms with van der Waals surface area (Å²) < 4.78 is 5.27. The van der Waals surface area contributed by atoms with Gasteiger partial charge in [-0.3, -0.25) is 4.79 Å². The number of rotatable bonds is 5. The maximum Gasteiger partial charge on any atom is 0.241 e. The van der Waals surface area contributed by atoms with Crippen molar-refractivity contribution in [3.63, 3.8) is 0 Å². The summed E-state index contributed by atoms with van der Waals surface area (Å²) in [7, 11) is 1.58. The number of nitrogens with one attached hydrogen (secondary N) is 1. The van der Waals surface area contributed by atoms with Crippen LogP contribution in [0.25, 0.3) is 0 Å². The van der Waals surface area contributed by atoms with Gasteiger partial charge >= 0.3 is 0 Å². The Balaban J connectivity index is 2.04. The smallest absolute Gasteiger partial charge is 0.241 e. The molecule has 2 rings (SSSR count). The predicted molar refractivity (Wildman–Crippen MR) is 84.5 cm³/mol. The topological polar surface area (TPSA) is 64.3 Å². The Kier molecular flexibility index (Phi) is 4.95. The summed E-state index contributed by atoms with van der Waals surface area (Å²) in [5.41, 5.74) is 8.71. The second-order valence-electron chi connectivity index (χ2n) is 4.99. The molecule has 0 heterocycles. The van der Waals surface area contributed by atoms with Crippen molar-refractivity contribution in [2.75, 3.05) is 12.4 Å². The van der Waals surface area contributed by atoms with Crippen molar-refractivity contribution in [3.8, 4) is 5.75 Å². The zero-order valence-electron chi connectivity index (χ0n) is 12.3. The Morgan fingerprint density at radius 2 is 1.95 bits per heavy atom. The average molecular weight is 284 g/mol. The lowest BCUT2D eigenvalue weighted by Crippen LogP contribution is -2.37. The van der Waals surface area contributed by atoms with Crippen LogP contribution in [0.15, 0.2) is 48.5 Å². The van der Waals surface area contributed by atoms with E-state index >= 15 is 0 Å². The lowest BCUT2D eigenvalue weighted by atomic mass is 10.1. The first kappa shape index (κ1) is 15.1. The third-order valence-electron chi connectivity index (χ3n) is 3.25. The standard InChI is InChI=1S/C17H20N2O2/c1-12-8-9-15(16(10-12)21-2)19-17(20)14(18)11-13-6-4-3-5-7-13/h3-10,14H,11,18H2,1-2H3,(H,19,20)/t14-/m1/s1. The number of hydrogen-bond acceptors (Lipinski definition) is 3. The minimum absolute atomic E-state index is 0.221. The molecular weight excluding hydrogens is 264 g/mol. The summed E-state index contributed by atoms with van der Waals surface area (Å²) in [6.45, 7) is 1.97. The normalized spacial score (nSPS) is 11.8. The van der Waals surface area contributed by atoms with Crippen LogP contribution in [0.1, 0.15) is 11.1 Å². The van der Waals surface area contributed by atoms with Crippen molar-refractivity contribution in [2.45, 2.75) is 19.4 Å². The molecule has 0 spiro atoms. The van der Waals surface area contributed by atoms with Gasteiger partial charge in [-0.1, -0.05) is 36.4 Å². The van der Waals surface area contributed by atoms with Crippen LogP contribution in [0, 0.1) is 6.92 Å². The van der Waals surface area contributed by atoms with Crippen LogP contribution in [0.4, 0.5) is 5.69 Å².